The zero-order valence-corrected chi connectivity index (χ0v) is 25.1. The Morgan fingerprint density at radius 2 is 0.978 bits per heavy atom. The van der Waals surface area contributed by atoms with E-state index < -0.39 is 0 Å². The molecule has 0 atom stereocenters. The highest BCUT2D eigenvalue weighted by molar-refractivity contribution is 7.25. The van der Waals surface area contributed by atoms with Gasteiger partial charge in [0.25, 0.3) is 0 Å². The van der Waals surface area contributed by atoms with Crippen LogP contribution in [0.1, 0.15) is 0 Å². The van der Waals surface area contributed by atoms with Crippen LogP contribution < -0.4 is 0 Å². The lowest BCUT2D eigenvalue weighted by Gasteiger charge is -2.12. The monoisotopic (exact) mass is 590 g/mol. The number of aromatic nitrogens is 2. The van der Waals surface area contributed by atoms with Gasteiger partial charge in [-0.1, -0.05) is 97.1 Å². The Hall–Kier alpha value is -5.64. The summed E-state index contributed by atoms with van der Waals surface area (Å²) in [5.41, 5.74) is 9.71. The van der Waals surface area contributed by atoms with Crippen molar-refractivity contribution >= 4 is 75.1 Å². The number of rotatable bonds is 3. The van der Waals surface area contributed by atoms with E-state index in [2.05, 4.69) is 167 Å². The van der Waals surface area contributed by atoms with Gasteiger partial charge in [0.05, 0.1) is 22.1 Å². The molecule has 0 radical (unpaired) electrons. The summed E-state index contributed by atoms with van der Waals surface area (Å²) in [6.07, 6.45) is 0. The molecule has 0 saturated heterocycles. The molecule has 0 amide bonds. The Labute approximate surface area is 263 Å². The lowest BCUT2D eigenvalue weighted by Crippen LogP contribution is -1.95. The van der Waals surface area contributed by atoms with Gasteiger partial charge in [-0.25, -0.2) is 0 Å². The molecule has 3 aromatic heterocycles. The second-order valence-corrected chi connectivity index (χ2v) is 12.8. The van der Waals surface area contributed by atoms with Crippen molar-refractivity contribution in [1.82, 2.24) is 9.13 Å². The standard InChI is InChI=1S/C42H26N2S/c1-3-12-28(13-4-1)43-35-20-9-7-17-32(35)40-36(43)23-24-37-41(40)33-19-11-18-30(42(33)44(37)29-14-5-2-6-15-29)27-22-25-39-34(26-27)31-16-8-10-21-38(31)45-39/h1-26H. The molecular weight excluding hydrogens is 565 g/mol. The van der Waals surface area contributed by atoms with E-state index in [0.717, 1.165) is 5.69 Å². The summed E-state index contributed by atoms with van der Waals surface area (Å²) >= 11 is 1.87. The Balaban J connectivity index is 1.38. The third kappa shape index (κ3) is 3.50. The van der Waals surface area contributed by atoms with Gasteiger partial charge in [-0.2, -0.15) is 0 Å². The van der Waals surface area contributed by atoms with Crippen LogP contribution in [0.2, 0.25) is 0 Å². The number of hydrogen-bond acceptors (Lipinski definition) is 1. The second kappa shape index (κ2) is 9.43. The fourth-order valence-electron chi connectivity index (χ4n) is 7.44. The summed E-state index contributed by atoms with van der Waals surface area (Å²) in [6.45, 7) is 0. The van der Waals surface area contributed by atoms with Gasteiger partial charge in [-0.05, 0) is 66.2 Å². The fourth-order valence-corrected chi connectivity index (χ4v) is 8.53. The summed E-state index contributed by atoms with van der Waals surface area (Å²) in [6, 6.07) is 57.6. The number of thiophene rings is 1. The number of para-hydroxylation sites is 4. The quantitative estimate of drug-likeness (QED) is 0.194. The molecule has 0 aliphatic carbocycles. The van der Waals surface area contributed by atoms with E-state index in [9.17, 15) is 0 Å². The molecule has 0 bridgehead atoms. The van der Waals surface area contributed by atoms with Gasteiger partial charge in [0.15, 0.2) is 0 Å². The Morgan fingerprint density at radius 1 is 0.378 bits per heavy atom. The van der Waals surface area contributed by atoms with Gasteiger partial charge in [0, 0.05) is 58.7 Å². The van der Waals surface area contributed by atoms with Crippen molar-refractivity contribution in [3.63, 3.8) is 0 Å². The van der Waals surface area contributed by atoms with Crippen LogP contribution in [-0.4, -0.2) is 9.13 Å². The Morgan fingerprint density at radius 3 is 1.78 bits per heavy atom. The van der Waals surface area contributed by atoms with Crippen LogP contribution in [0.4, 0.5) is 0 Å². The van der Waals surface area contributed by atoms with Crippen molar-refractivity contribution in [1.29, 1.82) is 0 Å². The summed E-state index contributed by atoms with van der Waals surface area (Å²) < 4.78 is 7.55. The highest BCUT2D eigenvalue weighted by Crippen LogP contribution is 2.45. The molecule has 0 fully saturated rings. The lowest BCUT2D eigenvalue weighted by molar-refractivity contribution is 1.17. The molecular formula is C42H26N2S. The highest BCUT2D eigenvalue weighted by atomic mass is 32.1. The molecule has 7 aromatic carbocycles. The molecule has 0 spiro atoms. The van der Waals surface area contributed by atoms with Crippen LogP contribution >= 0.6 is 11.3 Å². The fraction of sp³-hybridized carbons (Fsp3) is 0. The van der Waals surface area contributed by atoms with E-state index in [1.165, 1.54) is 80.6 Å². The Bertz CT molecular complexity index is 2740. The van der Waals surface area contributed by atoms with Crippen LogP contribution in [0.3, 0.4) is 0 Å². The maximum atomic E-state index is 2.48. The van der Waals surface area contributed by atoms with Gasteiger partial charge >= 0.3 is 0 Å². The average Bonchev–Trinajstić information content (AvgIpc) is 3.76. The minimum absolute atomic E-state index is 1.16. The van der Waals surface area contributed by atoms with E-state index >= 15 is 0 Å². The van der Waals surface area contributed by atoms with Crippen LogP contribution in [-0.2, 0) is 0 Å². The third-order valence-electron chi connectivity index (χ3n) is 9.30. The SMILES string of the molecule is c1ccc(-n2c3ccccc3c3c4c5cccc(-c6ccc7sc8ccccc8c7c6)c5n(-c5ccccc5)c4ccc32)cc1. The number of nitrogens with zero attached hydrogens (tertiary/aromatic N) is 2. The molecule has 210 valence electrons. The van der Waals surface area contributed by atoms with E-state index in [-0.39, 0.29) is 0 Å². The van der Waals surface area contributed by atoms with Crippen LogP contribution in [0, 0.1) is 0 Å². The molecule has 0 unspecified atom stereocenters. The highest BCUT2D eigenvalue weighted by Gasteiger charge is 2.22. The van der Waals surface area contributed by atoms with Crippen LogP contribution in [0.15, 0.2) is 158 Å². The summed E-state index contributed by atoms with van der Waals surface area (Å²) in [4.78, 5) is 0. The van der Waals surface area contributed by atoms with Crippen LogP contribution in [0.25, 0.3) is 86.3 Å². The first-order valence-corrected chi connectivity index (χ1v) is 16.2. The van der Waals surface area contributed by atoms with Crippen molar-refractivity contribution in [3.05, 3.63) is 158 Å². The predicted octanol–water partition coefficient (Wildman–Crippen LogP) is 11.9. The molecule has 0 saturated carbocycles. The number of fused-ring (bicyclic) bond motifs is 10. The summed E-state index contributed by atoms with van der Waals surface area (Å²) in [7, 11) is 0. The third-order valence-corrected chi connectivity index (χ3v) is 10.5. The first kappa shape index (κ1) is 24.8. The Kier molecular flexibility index (Phi) is 5.19. The van der Waals surface area contributed by atoms with Gasteiger partial charge in [0.2, 0.25) is 0 Å². The first-order valence-electron chi connectivity index (χ1n) is 15.4. The van der Waals surface area contributed by atoms with Crippen molar-refractivity contribution in [3.8, 4) is 22.5 Å². The largest absolute Gasteiger partial charge is 0.309 e. The molecule has 0 N–H and O–H groups in total. The molecule has 3 heterocycles. The van der Waals surface area contributed by atoms with E-state index in [4.69, 9.17) is 0 Å². The summed E-state index contributed by atoms with van der Waals surface area (Å²) in [5.74, 6) is 0. The molecule has 0 aliphatic rings. The van der Waals surface area contributed by atoms with Crippen molar-refractivity contribution in [2.75, 3.05) is 0 Å². The smallest absolute Gasteiger partial charge is 0.0619 e. The molecule has 10 rings (SSSR count). The number of hydrogen-bond donors (Lipinski definition) is 0. The lowest BCUT2D eigenvalue weighted by atomic mass is 9.99. The normalized spacial score (nSPS) is 12.0. The minimum atomic E-state index is 1.16. The van der Waals surface area contributed by atoms with Crippen molar-refractivity contribution < 1.29 is 0 Å². The molecule has 10 aromatic rings. The minimum Gasteiger partial charge on any atom is -0.309 e. The van der Waals surface area contributed by atoms with Gasteiger partial charge in [-0.15, -0.1) is 11.3 Å². The zero-order chi connectivity index (χ0) is 29.5. The van der Waals surface area contributed by atoms with Gasteiger partial charge < -0.3 is 9.13 Å². The van der Waals surface area contributed by atoms with Crippen molar-refractivity contribution in [2.24, 2.45) is 0 Å². The maximum absolute atomic E-state index is 2.48. The zero-order valence-electron chi connectivity index (χ0n) is 24.3. The summed E-state index contributed by atoms with van der Waals surface area (Å²) in [5, 5.41) is 7.77. The van der Waals surface area contributed by atoms with Gasteiger partial charge in [-0.3, -0.25) is 0 Å². The van der Waals surface area contributed by atoms with Gasteiger partial charge in [0.1, 0.15) is 0 Å². The maximum Gasteiger partial charge on any atom is 0.0619 e. The average molecular weight is 591 g/mol. The first-order chi connectivity index (χ1) is 22.3. The topological polar surface area (TPSA) is 9.86 Å². The van der Waals surface area contributed by atoms with E-state index in [0.29, 0.717) is 0 Å². The second-order valence-electron chi connectivity index (χ2n) is 11.7. The molecule has 3 heteroatoms. The molecule has 45 heavy (non-hydrogen) atoms. The van der Waals surface area contributed by atoms with Crippen LogP contribution in [0.5, 0.6) is 0 Å². The number of benzene rings is 7. The predicted molar refractivity (Wildman–Crippen MR) is 193 cm³/mol. The van der Waals surface area contributed by atoms with E-state index in [1.54, 1.807) is 0 Å². The molecule has 0 aliphatic heterocycles. The van der Waals surface area contributed by atoms with Crippen molar-refractivity contribution in [2.45, 2.75) is 0 Å². The molecule has 2 nitrogen and oxygen atoms in total. The van der Waals surface area contributed by atoms with E-state index in [1.807, 2.05) is 11.3 Å².